The molecule has 0 saturated heterocycles. The molecule has 2 aliphatic carbocycles. The van der Waals surface area contributed by atoms with Crippen molar-refractivity contribution in [3.63, 3.8) is 0 Å². The molecule has 2 aliphatic rings. The number of carbonyl (C=O) groups is 1. The summed E-state index contributed by atoms with van der Waals surface area (Å²) in [6, 6.07) is 2.01. The number of halogens is 1. The summed E-state index contributed by atoms with van der Waals surface area (Å²) < 4.78 is 1.76. The number of amides is 1. The van der Waals surface area contributed by atoms with E-state index in [0.717, 1.165) is 29.5 Å². The standard InChI is InChI=1S/C23H27ClN4O/c1-14-4-7-17(23(14,2)3)11-26-21-19(22(25)29)12-27-28-13-16(10-20(21)28)15-5-8-18(24)9-6-15/h5-6,8,10-14,17-18H,4,7,9H2,1-3H3,(H2,25,29). The van der Waals surface area contributed by atoms with Gasteiger partial charge in [-0.05, 0) is 48.2 Å². The summed E-state index contributed by atoms with van der Waals surface area (Å²) in [6.45, 7) is 6.88. The highest BCUT2D eigenvalue weighted by molar-refractivity contribution is 6.22. The second kappa shape index (κ2) is 7.45. The minimum Gasteiger partial charge on any atom is -0.365 e. The van der Waals surface area contributed by atoms with Gasteiger partial charge in [0.25, 0.3) is 5.91 Å². The van der Waals surface area contributed by atoms with Crippen molar-refractivity contribution in [1.29, 1.82) is 0 Å². The van der Waals surface area contributed by atoms with Crippen molar-refractivity contribution in [3.05, 3.63) is 47.8 Å². The maximum atomic E-state index is 12.0. The molecule has 0 aliphatic heterocycles. The van der Waals surface area contributed by atoms with Crippen molar-refractivity contribution in [2.24, 2.45) is 28.0 Å². The van der Waals surface area contributed by atoms with Crippen molar-refractivity contribution in [2.75, 3.05) is 0 Å². The lowest BCUT2D eigenvalue weighted by molar-refractivity contribution is 0.100. The minimum absolute atomic E-state index is 0.0349. The smallest absolute Gasteiger partial charge is 0.252 e. The number of hydrogen-bond donors (Lipinski definition) is 1. The summed E-state index contributed by atoms with van der Waals surface area (Å²) in [5.74, 6) is 0.490. The maximum Gasteiger partial charge on any atom is 0.252 e. The van der Waals surface area contributed by atoms with Crippen molar-refractivity contribution in [3.8, 4) is 0 Å². The highest BCUT2D eigenvalue weighted by Crippen LogP contribution is 2.46. The molecule has 4 rings (SSSR count). The topological polar surface area (TPSA) is 72.8 Å². The Kier molecular flexibility index (Phi) is 5.11. The van der Waals surface area contributed by atoms with Gasteiger partial charge in [-0.1, -0.05) is 39.0 Å². The molecule has 2 N–H and O–H groups in total. The Hall–Kier alpha value is -2.40. The second-order valence-corrected chi connectivity index (χ2v) is 9.34. The average Bonchev–Trinajstić information content (AvgIpc) is 3.22. The number of hydrogen-bond acceptors (Lipinski definition) is 3. The molecule has 0 aromatic carbocycles. The van der Waals surface area contributed by atoms with E-state index in [0.29, 0.717) is 23.1 Å². The third-order valence-electron chi connectivity index (χ3n) is 6.78. The van der Waals surface area contributed by atoms with Crippen LogP contribution in [0.25, 0.3) is 11.1 Å². The summed E-state index contributed by atoms with van der Waals surface area (Å²) in [5.41, 5.74) is 9.63. The molecule has 1 amide bonds. The van der Waals surface area contributed by atoms with Gasteiger partial charge in [0.1, 0.15) is 5.69 Å². The number of nitrogens with two attached hydrogens (primary N) is 1. The zero-order valence-corrected chi connectivity index (χ0v) is 17.9. The van der Waals surface area contributed by atoms with Crippen molar-refractivity contribution in [1.82, 2.24) is 9.61 Å². The van der Waals surface area contributed by atoms with Crippen LogP contribution >= 0.6 is 11.6 Å². The first-order valence-electron chi connectivity index (χ1n) is 10.2. The largest absolute Gasteiger partial charge is 0.365 e. The normalized spacial score (nSPS) is 26.3. The van der Waals surface area contributed by atoms with Gasteiger partial charge in [0.05, 0.1) is 22.7 Å². The third kappa shape index (κ3) is 3.64. The van der Waals surface area contributed by atoms with Gasteiger partial charge < -0.3 is 5.73 Å². The molecule has 3 unspecified atom stereocenters. The molecule has 2 aromatic rings. The molecule has 2 heterocycles. The van der Waals surface area contributed by atoms with Crippen LogP contribution in [0.5, 0.6) is 0 Å². The highest BCUT2D eigenvalue weighted by Gasteiger charge is 2.39. The Labute approximate surface area is 176 Å². The van der Waals surface area contributed by atoms with E-state index >= 15 is 0 Å². The molecule has 152 valence electrons. The summed E-state index contributed by atoms with van der Waals surface area (Å²) in [5, 5.41) is 4.41. The number of primary amides is 1. The number of alkyl halides is 1. The van der Waals surface area contributed by atoms with Crippen molar-refractivity contribution >= 4 is 40.5 Å². The Balaban J connectivity index is 1.77. The number of allylic oxidation sites excluding steroid dienone is 4. The number of fused-ring (bicyclic) bond motifs is 1. The van der Waals surface area contributed by atoms with E-state index in [1.165, 1.54) is 12.6 Å². The van der Waals surface area contributed by atoms with Crippen molar-refractivity contribution in [2.45, 2.75) is 45.4 Å². The molecular formula is C23H27ClN4O. The number of aromatic nitrogens is 2. The lowest BCUT2D eigenvalue weighted by atomic mass is 9.77. The molecule has 2 aromatic heterocycles. The van der Waals surface area contributed by atoms with E-state index < -0.39 is 5.91 Å². The van der Waals surface area contributed by atoms with Crippen LogP contribution in [0.1, 0.15) is 56.0 Å². The van der Waals surface area contributed by atoms with Crippen LogP contribution in [-0.4, -0.2) is 27.1 Å². The summed E-state index contributed by atoms with van der Waals surface area (Å²) in [6.07, 6.45) is 14.7. The van der Waals surface area contributed by atoms with Gasteiger partial charge in [-0.15, -0.1) is 11.6 Å². The number of carbonyl (C=O) groups excluding carboxylic acids is 1. The van der Waals surface area contributed by atoms with Crippen LogP contribution in [0.4, 0.5) is 5.69 Å². The van der Waals surface area contributed by atoms with E-state index in [1.54, 1.807) is 4.52 Å². The lowest BCUT2D eigenvalue weighted by Crippen LogP contribution is -2.24. The zero-order chi connectivity index (χ0) is 20.8. The SMILES string of the molecule is CC1CCC(C=Nc2c(C(N)=O)cnn3cc(C4=CCC(Cl)C=C4)cc23)C1(C)C. The van der Waals surface area contributed by atoms with Crippen LogP contribution in [0.15, 0.2) is 41.7 Å². The monoisotopic (exact) mass is 410 g/mol. The highest BCUT2D eigenvalue weighted by atomic mass is 35.5. The van der Waals surface area contributed by atoms with Crippen LogP contribution in [0, 0.1) is 17.3 Å². The maximum absolute atomic E-state index is 12.0. The quantitative estimate of drug-likeness (QED) is 0.558. The Morgan fingerprint density at radius 2 is 2.21 bits per heavy atom. The van der Waals surface area contributed by atoms with Crippen LogP contribution in [-0.2, 0) is 0 Å². The predicted octanol–water partition coefficient (Wildman–Crippen LogP) is 5.16. The first-order chi connectivity index (χ1) is 13.8. The Morgan fingerprint density at radius 1 is 1.41 bits per heavy atom. The zero-order valence-electron chi connectivity index (χ0n) is 17.1. The van der Waals surface area contributed by atoms with Crippen LogP contribution < -0.4 is 5.73 Å². The Bertz CT molecular complexity index is 1050. The number of rotatable bonds is 4. The van der Waals surface area contributed by atoms with Gasteiger partial charge in [-0.25, -0.2) is 4.52 Å². The Morgan fingerprint density at radius 3 is 2.83 bits per heavy atom. The van der Waals surface area contributed by atoms with Gasteiger partial charge in [0.15, 0.2) is 0 Å². The van der Waals surface area contributed by atoms with E-state index in [-0.39, 0.29) is 10.8 Å². The number of nitrogens with zero attached hydrogens (tertiary/aromatic N) is 3. The molecule has 0 bridgehead atoms. The van der Waals surface area contributed by atoms with E-state index in [1.807, 2.05) is 30.6 Å². The second-order valence-electron chi connectivity index (χ2n) is 8.78. The van der Waals surface area contributed by atoms with Gasteiger partial charge in [0.2, 0.25) is 0 Å². The fraction of sp³-hybridized carbons (Fsp3) is 0.435. The molecule has 3 atom stereocenters. The molecule has 1 saturated carbocycles. The van der Waals surface area contributed by atoms with E-state index in [2.05, 4.69) is 31.9 Å². The van der Waals surface area contributed by atoms with E-state index in [4.69, 9.17) is 22.3 Å². The van der Waals surface area contributed by atoms with Gasteiger partial charge in [0, 0.05) is 18.0 Å². The third-order valence-corrected chi connectivity index (χ3v) is 7.10. The summed E-state index contributed by atoms with van der Waals surface area (Å²) >= 11 is 6.15. The first-order valence-corrected chi connectivity index (χ1v) is 10.6. The molecule has 6 heteroatoms. The molecule has 29 heavy (non-hydrogen) atoms. The number of aliphatic imine (C=N–C) groups is 1. The summed E-state index contributed by atoms with van der Waals surface area (Å²) in [4.78, 5) is 16.8. The predicted molar refractivity (Wildman–Crippen MR) is 119 cm³/mol. The van der Waals surface area contributed by atoms with Gasteiger partial charge in [-0.3, -0.25) is 9.79 Å². The van der Waals surface area contributed by atoms with Crippen LogP contribution in [0.2, 0.25) is 0 Å². The van der Waals surface area contributed by atoms with Gasteiger partial charge in [-0.2, -0.15) is 5.10 Å². The van der Waals surface area contributed by atoms with E-state index in [9.17, 15) is 4.79 Å². The molecular weight excluding hydrogens is 384 g/mol. The molecule has 5 nitrogen and oxygen atoms in total. The first kappa shape index (κ1) is 19.9. The average molecular weight is 411 g/mol. The van der Waals surface area contributed by atoms with Crippen molar-refractivity contribution < 1.29 is 4.79 Å². The fourth-order valence-corrected chi connectivity index (χ4v) is 4.46. The fourth-order valence-electron chi connectivity index (χ4n) is 4.30. The lowest BCUT2D eigenvalue weighted by Gasteiger charge is -2.28. The molecule has 1 fully saturated rings. The minimum atomic E-state index is -0.518. The summed E-state index contributed by atoms with van der Waals surface area (Å²) in [7, 11) is 0. The van der Waals surface area contributed by atoms with Crippen LogP contribution in [0.3, 0.4) is 0 Å². The molecule has 0 spiro atoms. The molecule has 0 radical (unpaired) electrons. The van der Waals surface area contributed by atoms with Gasteiger partial charge >= 0.3 is 0 Å².